The van der Waals surface area contributed by atoms with Gasteiger partial charge in [0.15, 0.2) is 0 Å². The molecule has 3 N–H and O–H groups in total. The van der Waals surface area contributed by atoms with Crippen molar-refractivity contribution in [3.05, 3.63) is 11.8 Å². The van der Waals surface area contributed by atoms with Gasteiger partial charge in [-0.25, -0.2) is 0 Å². The van der Waals surface area contributed by atoms with Crippen LogP contribution in [0.3, 0.4) is 0 Å². The summed E-state index contributed by atoms with van der Waals surface area (Å²) in [6.07, 6.45) is 4.39. The molecular weight excluding hydrogens is 222 g/mol. The van der Waals surface area contributed by atoms with Crippen molar-refractivity contribution in [1.29, 1.82) is 0 Å². The highest BCUT2D eigenvalue weighted by Gasteiger charge is 2.25. The van der Waals surface area contributed by atoms with Crippen LogP contribution in [0.1, 0.15) is 25.7 Å². The molecule has 0 amide bonds. The summed E-state index contributed by atoms with van der Waals surface area (Å²) < 4.78 is 5.16. The van der Waals surface area contributed by atoms with E-state index in [1.807, 2.05) is 0 Å². The molecule has 0 aromatic carbocycles. The van der Waals surface area contributed by atoms with Gasteiger partial charge in [0.25, 0.3) is 0 Å². The Kier molecular flexibility index (Phi) is 5.44. The average molecular weight is 243 g/mol. The van der Waals surface area contributed by atoms with Gasteiger partial charge in [0.05, 0.1) is 0 Å². The van der Waals surface area contributed by atoms with Gasteiger partial charge in [-0.05, 0) is 44.7 Å². The van der Waals surface area contributed by atoms with E-state index in [4.69, 9.17) is 9.84 Å². The summed E-state index contributed by atoms with van der Waals surface area (Å²) in [5, 5.41) is 21.4. The normalized spacial score (nSPS) is 27.1. The van der Waals surface area contributed by atoms with E-state index in [2.05, 4.69) is 5.32 Å². The van der Waals surface area contributed by atoms with Crippen molar-refractivity contribution in [2.45, 2.75) is 37.8 Å². The molecule has 1 rings (SSSR count). The fourth-order valence-corrected chi connectivity index (χ4v) is 2.20. The number of carboxylic acid groups (broad SMARTS) is 1. The molecule has 5 heteroatoms. The number of aliphatic hydroxyl groups is 1. The van der Waals surface area contributed by atoms with Gasteiger partial charge >= 0.3 is 5.97 Å². The molecular formula is C12H21NO4. The molecule has 0 saturated carbocycles. The van der Waals surface area contributed by atoms with Crippen LogP contribution in [-0.2, 0) is 9.53 Å². The third-order valence-electron chi connectivity index (χ3n) is 3.33. The van der Waals surface area contributed by atoms with Crippen LogP contribution in [0.5, 0.6) is 0 Å². The maximum Gasteiger partial charge on any atom is 0.320 e. The molecule has 0 aromatic rings. The van der Waals surface area contributed by atoms with E-state index in [0.717, 1.165) is 12.8 Å². The van der Waals surface area contributed by atoms with Gasteiger partial charge in [-0.2, -0.15) is 0 Å². The summed E-state index contributed by atoms with van der Waals surface area (Å²) in [7, 11) is 3.23. The number of hydrogen-bond donors (Lipinski definition) is 3. The van der Waals surface area contributed by atoms with Crippen molar-refractivity contribution < 1.29 is 19.7 Å². The van der Waals surface area contributed by atoms with Crippen LogP contribution < -0.4 is 5.32 Å². The van der Waals surface area contributed by atoms with Crippen LogP contribution in [0.15, 0.2) is 11.8 Å². The minimum Gasteiger partial charge on any atom is -0.510 e. The van der Waals surface area contributed by atoms with Gasteiger partial charge in [-0.3, -0.25) is 4.79 Å². The van der Waals surface area contributed by atoms with Gasteiger partial charge in [0, 0.05) is 7.11 Å². The number of allylic oxidation sites excluding steroid dienone is 1. The number of rotatable bonds is 5. The zero-order valence-corrected chi connectivity index (χ0v) is 10.3. The second kappa shape index (κ2) is 6.61. The number of ether oxygens (including phenoxy) is 1. The first-order valence-electron chi connectivity index (χ1n) is 5.90. The summed E-state index contributed by atoms with van der Waals surface area (Å²) in [6, 6.07) is -0.519. The molecule has 0 heterocycles. The third kappa shape index (κ3) is 4.02. The predicted molar refractivity (Wildman–Crippen MR) is 64.0 cm³/mol. The Bertz CT molecular complexity index is 290. The molecule has 5 nitrogen and oxygen atoms in total. The van der Waals surface area contributed by atoms with Crippen LogP contribution in [0, 0.1) is 5.92 Å². The van der Waals surface area contributed by atoms with Gasteiger partial charge in [-0.15, -0.1) is 0 Å². The molecule has 0 fully saturated rings. The largest absolute Gasteiger partial charge is 0.510 e. The number of likely N-dealkylation sites (N-methyl/N-ethyl adjacent to an activating group) is 1. The lowest BCUT2D eigenvalue weighted by atomic mass is 9.93. The number of aliphatic hydroxyl groups excluding tert-OH is 1. The number of nitrogens with one attached hydrogen (secondary N) is 1. The Morgan fingerprint density at radius 1 is 1.65 bits per heavy atom. The first-order chi connectivity index (χ1) is 8.08. The number of carbonyl (C=O) groups is 1. The molecule has 0 spiro atoms. The first-order valence-corrected chi connectivity index (χ1v) is 5.90. The van der Waals surface area contributed by atoms with E-state index < -0.39 is 12.0 Å². The van der Waals surface area contributed by atoms with E-state index >= 15 is 0 Å². The van der Waals surface area contributed by atoms with Gasteiger partial charge in [0.1, 0.15) is 17.9 Å². The highest BCUT2D eigenvalue weighted by molar-refractivity contribution is 5.73. The maximum absolute atomic E-state index is 10.9. The van der Waals surface area contributed by atoms with Crippen molar-refractivity contribution in [3.8, 4) is 0 Å². The van der Waals surface area contributed by atoms with Crippen LogP contribution in [0.25, 0.3) is 0 Å². The SMILES string of the molecule is CNC(CC1CC=C(O)C(OC)CC1)C(=O)O. The van der Waals surface area contributed by atoms with E-state index in [1.165, 1.54) is 0 Å². The minimum atomic E-state index is -0.826. The average Bonchev–Trinajstić information content (AvgIpc) is 2.48. The van der Waals surface area contributed by atoms with Gasteiger partial charge in [-0.1, -0.05) is 0 Å². The lowest BCUT2D eigenvalue weighted by Gasteiger charge is -2.19. The molecule has 0 aromatic heterocycles. The summed E-state index contributed by atoms with van der Waals surface area (Å²) in [6.45, 7) is 0. The smallest absolute Gasteiger partial charge is 0.320 e. The van der Waals surface area contributed by atoms with E-state index in [-0.39, 0.29) is 17.8 Å². The van der Waals surface area contributed by atoms with Crippen LogP contribution in [0.4, 0.5) is 0 Å². The number of methoxy groups -OCH3 is 1. The van der Waals surface area contributed by atoms with E-state index in [9.17, 15) is 9.90 Å². The zero-order valence-electron chi connectivity index (χ0n) is 10.3. The minimum absolute atomic E-state index is 0.238. The molecule has 17 heavy (non-hydrogen) atoms. The lowest BCUT2D eigenvalue weighted by Crippen LogP contribution is -2.35. The molecule has 0 radical (unpaired) electrons. The van der Waals surface area contributed by atoms with Crippen molar-refractivity contribution in [2.75, 3.05) is 14.2 Å². The number of aliphatic carboxylic acids is 1. The summed E-state index contributed by atoms with van der Waals surface area (Å²) in [5.41, 5.74) is 0. The quantitative estimate of drug-likeness (QED) is 0.678. The summed E-state index contributed by atoms with van der Waals surface area (Å²) >= 11 is 0. The summed E-state index contributed by atoms with van der Waals surface area (Å²) in [4.78, 5) is 10.9. The van der Waals surface area contributed by atoms with Gasteiger partial charge < -0.3 is 20.3 Å². The highest BCUT2D eigenvalue weighted by Crippen LogP contribution is 2.26. The zero-order chi connectivity index (χ0) is 12.8. The van der Waals surface area contributed by atoms with Crippen molar-refractivity contribution in [3.63, 3.8) is 0 Å². The Labute approximate surface area is 101 Å². The fourth-order valence-electron chi connectivity index (χ4n) is 2.20. The van der Waals surface area contributed by atoms with E-state index in [1.54, 1.807) is 20.2 Å². The second-order valence-corrected chi connectivity index (χ2v) is 4.45. The van der Waals surface area contributed by atoms with Crippen LogP contribution >= 0.6 is 0 Å². The number of hydrogen-bond acceptors (Lipinski definition) is 4. The standard InChI is InChI=1S/C12H21NO4/c1-13-9(12(15)16)7-8-3-5-10(14)11(17-2)6-4-8/h5,8-9,11,13-14H,3-4,6-7H2,1-2H3,(H,15,16). The molecule has 98 valence electrons. The molecule has 1 aliphatic carbocycles. The molecule has 3 unspecified atom stereocenters. The molecule has 0 bridgehead atoms. The Morgan fingerprint density at radius 3 is 2.88 bits per heavy atom. The highest BCUT2D eigenvalue weighted by atomic mass is 16.5. The van der Waals surface area contributed by atoms with Crippen molar-refractivity contribution >= 4 is 5.97 Å². The number of carboxylic acids is 1. The lowest BCUT2D eigenvalue weighted by molar-refractivity contribution is -0.139. The Hall–Kier alpha value is -1.07. The third-order valence-corrected chi connectivity index (χ3v) is 3.33. The fraction of sp³-hybridized carbons (Fsp3) is 0.750. The molecule has 3 atom stereocenters. The Morgan fingerprint density at radius 2 is 2.35 bits per heavy atom. The molecule has 1 aliphatic rings. The molecule has 0 aliphatic heterocycles. The monoisotopic (exact) mass is 243 g/mol. The van der Waals surface area contributed by atoms with Crippen molar-refractivity contribution in [1.82, 2.24) is 5.32 Å². The van der Waals surface area contributed by atoms with Crippen LogP contribution in [-0.4, -0.2) is 42.5 Å². The summed E-state index contributed by atoms with van der Waals surface area (Å²) in [5.74, 6) is -0.287. The van der Waals surface area contributed by atoms with Crippen LogP contribution in [0.2, 0.25) is 0 Å². The molecule has 0 saturated heterocycles. The maximum atomic E-state index is 10.9. The van der Waals surface area contributed by atoms with Crippen molar-refractivity contribution in [2.24, 2.45) is 5.92 Å². The Balaban J connectivity index is 2.55. The van der Waals surface area contributed by atoms with Gasteiger partial charge in [0.2, 0.25) is 0 Å². The topological polar surface area (TPSA) is 78.8 Å². The first kappa shape index (κ1) is 14.0. The van der Waals surface area contributed by atoms with E-state index in [0.29, 0.717) is 12.8 Å². The second-order valence-electron chi connectivity index (χ2n) is 4.45. The predicted octanol–water partition coefficient (Wildman–Crippen LogP) is 1.31.